The van der Waals surface area contributed by atoms with Gasteiger partial charge < -0.3 is 5.32 Å². The number of halogens is 1. The highest BCUT2D eigenvalue weighted by atomic mass is 79.9. The largest absolute Gasteiger partial charge is 0.325 e. The lowest BCUT2D eigenvalue weighted by Gasteiger charge is -2.12. The fourth-order valence-corrected chi connectivity index (χ4v) is 2.47. The maximum atomic E-state index is 11.8. The summed E-state index contributed by atoms with van der Waals surface area (Å²) in [6, 6.07) is 4.09. The van der Waals surface area contributed by atoms with Crippen molar-refractivity contribution in [2.75, 3.05) is 5.32 Å². The summed E-state index contributed by atoms with van der Waals surface area (Å²) >= 11 is 3.49. The number of hydrogen-bond acceptors (Lipinski definition) is 1. The van der Waals surface area contributed by atoms with Crippen molar-refractivity contribution in [3.8, 4) is 0 Å². The number of rotatable bonds is 4. The van der Waals surface area contributed by atoms with Crippen molar-refractivity contribution in [2.45, 2.75) is 40.5 Å². The van der Waals surface area contributed by atoms with Gasteiger partial charge in [-0.25, -0.2) is 0 Å². The van der Waals surface area contributed by atoms with Gasteiger partial charge in [-0.15, -0.1) is 0 Å². The molecule has 94 valence electrons. The van der Waals surface area contributed by atoms with E-state index in [1.165, 1.54) is 5.56 Å². The van der Waals surface area contributed by atoms with Crippen molar-refractivity contribution in [3.05, 3.63) is 27.7 Å². The highest BCUT2D eigenvalue weighted by Gasteiger charge is 2.09. The molecule has 0 heterocycles. The van der Waals surface area contributed by atoms with E-state index in [0.717, 1.165) is 22.1 Å². The molecule has 0 saturated carbocycles. The van der Waals surface area contributed by atoms with Gasteiger partial charge >= 0.3 is 0 Å². The summed E-state index contributed by atoms with van der Waals surface area (Å²) in [6.07, 6.45) is 1.51. The molecule has 0 spiro atoms. The van der Waals surface area contributed by atoms with Crippen LogP contribution in [0.25, 0.3) is 0 Å². The van der Waals surface area contributed by atoms with Gasteiger partial charge in [-0.3, -0.25) is 4.79 Å². The smallest absolute Gasteiger partial charge is 0.224 e. The molecule has 1 aromatic rings. The second kappa shape index (κ2) is 6.20. The number of hydrogen-bond donors (Lipinski definition) is 1. The van der Waals surface area contributed by atoms with Crippen molar-refractivity contribution >= 4 is 27.5 Å². The standard InChI is InChI=1S/C14H20BrNO/c1-9(2)5-6-13(17)16-14-11(4)7-10(3)8-12(14)15/h7-9H,5-6H2,1-4H3,(H,16,17). The van der Waals surface area contributed by atoms with Gasteiger partial charge in [0.1, 0.15) is 0 Å². The third-order valence-electron chi connectivity index (χ3n) is 2.64. The number of amides is 1. The minimum absolute atomic E-state index is 0.0892. The Morgan fingerprint density at radius 3 is 2.53 bits per heavy atom. The van der Waals surface area contributed by atoms with Crippen molar-refractivity contribution < 1.29 is 4.79 Å². The van der Waals surface area contributed by atoms with Gasteiger partial charge in [0.05, 0.1) is 5.69 Å². The van der Waals surface area contributed by atoms with Gasteiger partial charge in [0, 0.05) is 10.9 Å². The first-order valence-corrected chi connectivity index (χ1v) is 6.76. The average molecular weight is 298 g/mol. The number of benzene rings is 1. The Bertz CT molecular complexity index is 390. The minimum atomic E-state index is 0.0892. The Kier molecular flexibility index (Phi) is 5.19. The normalized spacial score (nSPS) is 10.7. The highest BCUT2D eigenvalue weighted by molar-refractivity contribution is 9.10. The third-order valence-corrected chi connectivity index (χ3v) is 3.27. The first kappa shape index (κ1) is 14.2. The zero-order chi connectivity index (χ0) is 13.0. The van der Waals surface area contributed by atoms with E-state index in [9.17, 15) is 4.79 Å². The summed E-state index contributed by atoms with van der Waals surface area (Å²) in [5.41, 5.74) is 3.17. The van der Waals surface area contributed by atoms with Crippen LogP contribution in [0.5, 0.6) is 0 Å². The quantitative estimate of drug-likeness (QED) is 0.874. The van der Waals surface area contributed by atoms with E-state index in [4.69, 9.17) is 0 Å². The Balaban J connectivity index is 2.72. The number of carbonyl (C=O) groups is 1. The lowest BCUT2D eigenvalue weighted by Crippen LogP contribution is -2.13. The second-order valence-electron chi connectivity index (χ2n) is 4.92. The molecule has 0 unspecified atom stereocenters. The maximum absolute atomic E-state index is 11.8. The number of carbonyl (C=O) groups excluding carboxylic acids is 1. The molecular weight excluding hydrogens is 278 g/mol. The van der Waals surface area contributed by atoms with Crippen LogP contribution < -0.4 is 5.32 Å². The molecule has 0 radical (unpaired) electrons. The molecule has 0 atom stereocenters. The van der Waals surface area contributed by atoms with Crippen LogP contribution in [0.2, 0.25) is 0 Å². The molecule has 1 amide bonds. The molecular formula is C14H20BrNO. The second-order valence-corrected chi connectivity index (χ2v) is 5.77. The van der Waals surface area contributed by atoms with Gasteiger partial charge in [-0.1, -0.05) is 19.9 Å². The lowest BCUT2D eigenvalue weighted by atomic mass is 10.1. The number of nitrogens with one attached hydrogen (secondary N) is 1. The van der Waals surface area contributed by atoms with Crippen molar-refractivity contribution in [3.63, 3.8) is 0 Å². The van der Waals surface area contributed by atoms with Crippen molar-refractivity contribution in [2.24, 2.45) is 5.92 Å². The molecule has 0 fully saturated rings. The molecule has 0 aliphatic heterocycles. The summed E-state index contributed by atoms with van der Waals surface area (Å²) < 4.78 is 0.952. The number of anilines is 1. The molecule has 1 aromatic carbocycles. The fourth-order valence-electron chi connectivity index (χ4n) is 1.70. The molecule has 2 nitrogen and oxygen atoms in total. The summed E-state index contributed by atoms with van der Waals surface area (Å²) in [7, 11) is 0. The zero-order valence-corrected chi connectivity index (χ0v) is 12.5. The monoisotopic (exact) mass is 297 g/mol. The van der Waals surface area contributed by atoms with Crippen molar-refractivity contribution in [1.82, 2.24) is 0 Å². The molecule has 0 aliphatic rings. The molecule has 17 heavy (non-hydrogen) atoms. The average Bonchev–Trinajstić information content (AvgIpc) is 2.20. The van der Waals surface area contributed by atoms with Crippen LogP contribution in [-0.4, -0.2) is 5.91 Å². The maximum Gasteiger partial charge on any atom is 0.224 e. The lowest BCUT2D eigenvalue weighted by molar-refractivity contribution is -0.116. The topological polar surface area (TPSA) is 29.1 Å². The van der Waals surface area contributed by atoms with Gasteiger partial charge in [0.2, 0.25) is 5.91 Å². The summed E-state index contributed by atoms with van der Waals surface area (Å²) in [6.45, 7) is 8.30. The predicted molar refractivity (Wildman–Crippen MR) is 76.3 cm³/mol. The van der Waals surface area contributed by atoms with E-state index in [-0.39, 0.29) is 5.91 Å². The first-order chi connectivity index (χ1) is 7.90. The van der Waals surface area contributed by atoms with Crippen molar-refractivity contribution in [1.29, 1.82) is 0 Å². The van der Waals surface area contributed by atoms with Gasteiger partial charge in [0.25, 0.3) is 0 Å². The summed E-state index contributed by atoms with van der Waals surface area (Å²) in [4.78, 5) is 11.8. The SMILES string of the molecule is Cc1cc(C)c(NC(=O)CCC(C)C)c(Br)c1. The first-order valence-electron chi connectivity index (χ1n) is 5.96. The molecule has 1 rings (SSSR count). The molecule has 0 saturated heterocycles. The summed E-state index contributed by atoms with van der Waals surface area (Å²) in [5.74, 6) is 0.648. The van der Waals surface area contributed by atoms with E-state index >= 15 is 0 Å². The minimum Gasteiger partial charge on any atom is -0.325 e. The molecule has 0 bridgehead atoms. The van der Waals surface area contributed by atoms with E-state index in [0.29, 0.717) is 12.3 Å². The number of aryl methyl sites for hydroxylation is 2. The van der Waals surface area contributed by atoms with Gasteiger partial charge in [0.15, 0.2) is 0 Å². The van der Waals surface area contributed by atoms with Crippen LogP contribution in [0, 0.1) is 19.8 Å². The zero-order valence-electron chi connectivity index (χ0n) is 10.9. The van der Waals surface area contributed by atoms with Crippen LogP contribution >= 0.6 is 15.9 Å². The Morgan fingerprint density at radius 2 is 2.00 bits per heavy atom. The third kappa shape index (κ3) is 4.50. The van der Waals surface area contributed by atoms with Crippen LogP contribution in [0.3, 0.4) is 0 Å². The molecule has 3 heteroatoms. The highest BCUT2D eigenvalue weighted by Crippen LogP contribution is 2.28. The van der Waals surface area contributed by atoms with E-state index in [2.05, 4.69) is 41.2 Å². The Hall–Kier alpha value is -0.830. The van der Waals surface area contributed by atoms with Crippen LogP contribution in [0.4, 0.5) is 5.69 Å². The van der Waals surface area contributed by atoms with Crippen LogP contribution in [0.15, 0.2) is 16.6 Å². The molecule has 0 aliphatic carbocycles. The fraction of sp³-hybridized carbons (Fsp3) is 0.500. The van der Waals surface area contributed by atoms with E-state index in [1.54, 1.807) is 0 Å². The Morgan fingerprint density at radius 1 is 1.35 bits per heavy atom. The molecule has 0 aromatic heterocycles. The van der Waals surface area contributed by atoms with Crippen LogP contribution in [0.1, 0.15) is 37.8 Å². The van der Waals surface area contributed by atoms with Gasteiger partial charge in [-0.2, -0.15) is 0 Å². The Labute approximate surface area is 112 Å². The predicted octanol–water partition coefficient (Wildman–Crippen LogP) is 4.44. The summed E-state index contributed by atoms with van der Waals surface area (Å²) in [5, 5.41) is 2.98. The van der Waals surface area contributed by atoms with E-state index < -0.39 is 0 Å². The van der Waals surface area contributed by atoms with Gasteiger partial charge in [-0.05, 0) is 59.3 Å². The van der Waals surface area contributed by atoms with E-state index in [1.807, 2.05) is 19.9 Å². The van der Waals surface area contributed by atoms with Crippen LogP contribution in [-0.2, 0) is 4.79 Å². The molecule has 1 N–H and O–H groups in total.